The molecule has 0 N–H and O–H groups in total. The maximum Gasteiger partial charge on any atom is 0.143 e. The quantitative estimate of drug-likeness (QED) is 0.172. The first kappa shape index (κ1) is 31.2. The van der Waals surface area contributed by atoms with Crippen LogP contribution in [0, 0.1) is 0 Å². The molecular formula is C52H34N2O. The molecule has 0 spiro atoms. The van der Waals surface area contributed by atoms with Crippen LogP contribution in [-0.4, -0.2) is 4.57 Å². The van der Waals surface area contributed by atoms with Crippen LogP contribution in [0.5, 0.6) is 0 Å². The summed E-state index contributed by atoms with van der Waals surface area (Å²) in [6.45, 7) is 0. The fraction of sp³-hybridized carbons (Fsp3) is 0. The number of nitrogens with zero attached hydrogens (tertiary/aromatic N) is 2. The van der Waals surface area contributed by atoms with Gasteiger partial charge in [-0.05, 0) is 82.7 Å². The Balaban J connectivity index is 1.14. The van der Waals surface area contributed by atoms with Crippen LogP contribution in [0.2, 0.25) is 0 Å². The summed E-state index contributed by atoms with van der Waals surface area (Å²) in [5, 5.41) is 7.02. The van der Waals surface area contributed by atoms with Crippen molar-refractivity contribution in [2.24, 2.45) is 0 Å². The number of aromatic nitrogens is 1. The molecule has 0 aliphatic rings. The van der Waals surface area contributed by atoms with E-state index in [1.807, 2.05) is 0 Å². The van der Waals surface area contributed by atoms with Gasteiger partial charge in [-0.2, -0.15) is 0 Å². The Hall–Kier alpha value is -7.36. The number of hydrogen-bond acceptors (Lipinski definition) is 2. The molecule has 2 aromatic heterocycles. The highest BCUT2D eigenvalue weighted by atomic mass is 16.3. The fourth-order valence-corrected chi connectivity index (χ4v) is 8.51. The highest BCUT2D eigenvalue weighted by Crippen LogP contribution is 2.46. The van der Waals surface area contributed by atoms with E-state index in [0.29, 0.717) is 0 Å². The summed E-state index contributed by atoms with van der Waals surface area (Å²) in [4.78, 5) is 2.40. The lowest BCUT2D eigenvalue weighted by molar-refractivity contribution is 0.673. The van der Waals surface area contributed by atoms with Gasteiger partial charge in [-0.1, -0.05) is 146 Å². The van der Waals surface area contributed by atoms with Crippen molar-refractivity contribution in [1.82, 2.24) is 4.57 Å². The molecule has 11 rings (SSSR count). The molecule has 0 bridgehead atoms. The number of fused-ring (bicyclic) bond motifs is 8. The number of anilines is 3. The Morgan fingerprint density at radius 3 is 1.84 bits per heavy atom. The van der Waals surface area contributed by atoms with Gasteiger partial charge < -0.3 is 13.9 Å². The predicted octanol–water partition coefficient (Wildman–Crippen LogP) is 14.6. The van der Waals surface area contributed by atoms with E-state index in [9.17, 15) is 0 Å². The number of rotatable bonds is 6. The van der Waals surface area contributed by atoms with E-state index >= 15 is 0 Å². The lowest BCUT2D eigenvalue weighted by atomic mass is 9.96. The van der Waals surface area contributed by atoms with Gasteiger partial charge in [-0.25, -0.2) is 0 Å². The summed E-state index contributed by atoms with van der Waals surface area (Å²) in [6, 6.07) is 73.9. The Labute approximate surface area is 318 Å². The first-order valence-electron chi connectivity index (χ1n) is 18.8. The second kappa shape index (κ2) is 12.6. The molecule has 2 heterocycles. The minimum Gasteiger partial charge on any atom is -0.455 e. The van der Waals surface area contributed by atoms with E-state index in [2.05, 4.69) is 216 Å². The molecule has 0 radical (unpaired) electrons. The monoisotopic (exact) mass is 702 g/mol. The summed E-state index contributed by atoms with van der Waals surface area (Å²) in [5.74, 6) is 0. The molecule has 3 nitrogen and oxygen atoms in total. The summed E-state index contributed by atoms with van der Waals surface area (Å²) in [5.41, 5.74) is 13.1. The fourth-order valence-electron chi connectivity index (χ4n) is 8.51. The van der Waals surface area contributed by atoms with Crippen molar-refractivity contribution in [3.8, 4) is 27.9 Å². The number of para-hydroxylation sites is 3. The Morgan fingerprint density at radius 2 is 1.04 bits per heavy atom. The Morgan fingerprint density at radius 1 is 0.400 bits per heavy atom. The minimum atomic E-state index is 0.880. The highest BCUT2D eigenvalue weighted by molar-refractivity contribution is 6.20. The van der Waals surface area contributed by atoms with Crippen molar-refractivity contribution < 1.29 is 4.42 Å². The lowest BCUT2D eigenvalue weighted by Crippen LogP contribution is -2.12. The zero-order valence-corrected chi connectivity index (χ0v) is 29.9. The number of hydrogen-bond donors (Lipinski definition) is 0. The van der Waals surface area contributed by atoms with Crippen LogP contribution in [0.3, 0.4) is 0 Å². The molecule has 9 aromatic carbocycles. The van der Waals surface area contributed by atoms with Gasteiger partial charge in [0.15, 0.2) is 0 Å². The normalized spacial score (nSPS) is 11.6. The number of benzene rings is 9. The van der Waals surface area contributed by atoms with Crippen LogP contribution in [0.1, 0.15) is 0 Å². The molecule has 258 valence electrons. The summed E-state index contributed by atoms with van der Waals surface area (Å²) < 4.78 is 9.05. The first-order valence-corrected chi connectivity index (χ1v) is 18.8. The molecule has 3 heteroatoms. The summed E-state index contributed by atoms with van der Waals surface area (Å²) >= 11 is 0. The van der Waals surface area contributed by atoms with Gasteiger partial charge in [0.25, 0.3) is 0 Å². The van der Waals surface area contributed by atoms with Crippen LogP contribution in [0.15, 0.2) is 211 Å². The van der Waals surface area contributed by atoms with E-state index in [4.69, 9.17) is 4.42 Å². The number of furan rings is 1. The van der Waals surface area contributed by atoms with Crippen LogP contribution >= 0.6 is 0 Å². The maximum absolute atomic E-state index is 6.66. The van der Waals surface area contributed by atoms with Gasteiger partial charge in [0, 0.05) is 49.6 Å². The van der Waals surface area contributed by atoms with Gasteiger partial charge in [0.2, 0.25) is 0 Å². The SMILES string of the molecule is c1ccc(-c2ccc(N(c3cccc(-n4c5ccccc5c5ccccc54)c3)c3ccccc3-c3cccc4oc5c6ccccc6ccc5c34)cc2)cc1. The van der Waals surface area contributed by atoms with Gasteiger partial charge in [-0.15, -0.1) is 0 Å². The van der Waals surface area contributed by atoms with Crippen LogP contribution in [-0.2, 0) is 0 Å². The Kier molecular flexibility index (Phi) is 7.17. The average molecular weight is 703 g/mol. The van der Waals surface area contributed by atoms with E-state index in [-0.39, 0.29) is 0 Å². The topological polar surface area (TPSA) is 21.3 Å². The molecule has 0 amide bonds. The van der Waals surface area contributed by atoms with Crippen LogP contribution in [0.25, 0.3) is 82.5 Å². The zero-order chi connectivity index (χ0) is 36.3. The van der Waals surface area contributed by atoms with E-state index in [1.165, 1.54) is 38.3 Å². The molecular weight excluding hydrogens is 669 g/mol. The van der Waals surface area contributed by atoms with Crippen molar-refractivity contribution in [3.05, 3.63) is 206 Å². The van der Waals surface area contributed by atoms with Crippen LogP contribution in [0.4, 0.5) is 17.1 Å². The van der Waals surface area contributed by atoms with Gasteiger partial charge in [0.1, 0.15) is 11.2 Å². The molecule has 0 aliphatic heterocycles. The largest absolute Gasteiger partial charge is 0.455 e. The molecule has 0 aliphatic carbocycles. The summed E-state index contributed by atoms with van der Waals surface area (Å²) in [7, 11) is 0. The molecule has 0 fully saturated rings. The first-order chi connectivity index (χ1) is 27.3. The van der Waals surface area contributed by atoms with Crippen molar-refractivity contribution in [2.75, 3.05) is 4.90 Å². The zero-order valence-electron chi connectivity index (χ0n) is 29.9. The molecule has 0 atom stereocenters. The maximum atomic E-state index is 6.66. The van der Waals surface area contributed by atoms with Gasteiger partial charge >= 0.3 is 0 Å². The van der Waals surface area contributed by atoms with E-state index < -0.39 is 0 Å². The van der Waals surface area contributed by atoms with Crippen molar-refractivity contribution in [1.29, 1.82) is 0 Å². The summed E-state index contributed by atoms with van der Waals surface area (Å²) in [6.07, 6.45) is 0. The average Bonchev–Trinajstić information content (AvgIpc) is 3.81. The third-order valence-electron chi connectivity index (χ3n) is 11.0. The van der Waals surface area contributed by atoms with Crippen molar-refractivity contribution in [2.45, 2.75) is 0 Å². The molecule has 0 saturated carbocycles. The lowest BCUT2D eigenvalue weighted by Gasteiger charge is -2.29. The molecule has 11 aromatic rings. The Bertz CT molecular complexity index is 3150. The predicted molar refractivity (Wildman–Crippen MR) is 231 cm³/mol. The van der Waals surface area contributed by atoms with Crippen LogP contribution < -0.4 is 4.90 Å². The van der Waals surface area contributed by atoms with E-state index in [1.54, 1.807) is 0 Å². The van der Waals surface area contributed by atoms with Crippen molar-refractivity contribution in [3.63, 3.8) is 0 Å². The smallest absolute Gasteiger partial charge is 0.143 e. The second-order valence-corrected chi connectivity index (χ2v) is 14.1. The van der Waals surface area contributed by atoms with Gasteiger partial charge in [0.05, 0.1) is 16.7 Å². The third kappa shape index (κ3) is 5.05. The second-order valence-electron chi connectivity index (χ2n) is 14.1. The molecule has 0 unspecified atom stereocenters. The molecule has 55 heavy (non-hydrogen) atoms. The standard InChI is InChI=1S/C52H34N2O/c1-2-14-35(15-3-1)36-28-31-38(32-29-36)53(39-17-12-18-40(34-39)54-48-25-10-6-20-42(48)43-21-7-11-26-49(43)54)47-24-9-8-22-44(47)45-23-13-27-50-51(45)46-33-30-37-16-4-5-19-41(37)52(46)55-50/h1-34H. The highest BCUT2D eigenvalue weighted by Gasteiger charge is 2.22. The van der Waals surface area contributed by atoms with Gasteiger partial charge in [-0.3, -0.25) is 0 Å². The van der Waals surface area contributed by atoms with Crippen molar-refractivity contribution >= 4 is 71.6 Å². The van der Waals surface area contributed by atoms with E-state index in [0.717, 1.165) is 61.2 Å². The minimum absolute atomic E-state index is 0.880. The third-order valence-corrected chi connectivity index (χ3v) is 11.0. The molecule has 0 saturated heterocycles.